The van der Waals surface area contributed by atoms with Crippen LogP contribution >= 0.6 is 12.4 Å². The van der Waals surface area contributed by atoms with Crippen LogP contribution < -0.4 is 5.73 Å². The van der Waals surface area contributed by atoms with Gasteiger partial charge in [-0.15, -0.1) is 12.4 Å². The van der Waals surface area contributed by atoms with E-state index in [1.807, 2.05) is 0 Å². The molecule has 0 saturated carbocycles. The molecule has 0 heterocycles. The van der Waals surface area contributed by atoms with Gasteiger partial charge in [-0.1, -0.05) is 68.8 Å². The number of rotatable bonds is 3. The summed E-state index contributed by atoms with van der Waals surface area (Å²) in [5, 5.41) is 5.14. The van der Waals surface area contributed by atoms with Crippen molar-refractivity contribution in [1.82, 2.24) is 0 Å². The predicted octanol–water partition coefficient (Wildman–Crippen LogP) is 5.46. The van der Waals surface area contributed by atoms with Crippen molar-refractivity contribution in [2.75, 3.05) is 0 Å². The summed E-state index contributed by atoms with van der Waals surface area (Å²) in [5.74, 6) is 0.476. The third kappa shape index (κ3) is 2.76. The Labute approximate surface area is 132 Å². The van der Waals surface area contributed by atoms with Gasteiger partial charge in [0.05, 0.1) is 0 Å². The molecule has 1 unspecified atom stereocenters. The van der Waals surface area contributed by atoms with Gasteiger partial charge in [-0.3, -0.25) is 0 Å². The highest BCUT2D eigenvalue weighted by molar-refractivity contribution is 6.02. The normalized spacial score (nSPS) is 13.9. The molecule has 2 heteroatoms. The number of hydrogen-bond acceptors (Lipinski definition) is 1. The summed E-state index contributed by atoms with van der Waals surface area (Å²) in [5.41, 5.74) is 7.88. The minimum atomic E-state index is 0. The number of fused-ring (bicyclic) bond motifs is 2. The molecule has 2 N–H and O–H groups in total. The molecule has 1 nitrogen and oxygen atoms in total. The molecule has 0 aromatic heterocycles. The lowest BCUT2D eigenvalue weighted by atomic mass is 9.86. The van der Waals surface area contributed by atoms with E-state index in [2.05, 4.69) is 68.4 Å². The zero-order valence-corrected chi connectivity index (χ0v) is 13.4. The highest BCUT2D eigenvalue weighted by Crippen LogP contribution is 2.35. The van der Waals surface area contributed by atoms with Crippen molar-refractivity contribution in [3.8, 4) is 0 Å². The number of halogens is 1. The molecule has 0 bridgehead atoms. The molecular weight excluding hydrogens is 278 g/mol. The highest BCUT2D eigenvalue weighted by Gasteiger charge is 2.18. The van der Waals surface area contributed by atoms with Crippen molar-refractivity contribution in [2.24, 2.45) is 11.7 Å². The van der Waals surface area contributed by atoms with Crippen LogP contribution in [0, 0.1) is 5.92 Å². The quantitative estimate of drug-likeness (QED) is 0.638. The van der Waals surface area contributed by atoms with Gasteiger partial charge in [0.25, 0.3) is 0 Å². The Morgan fingerprint density at radius 1 is 0.905 bits per heavy atom. The first-order valence-corrected chi connectivity index (χ1v) is 7.38. The third-order valence-electron chi connectivity index (χ3n) is 4.40. The van der Waals surface area contributed by atoms with Crippen molar-refractivity contribution in [1.29, 1.82) is 0 Å². The molecule has 0 saturated heterocycles. The standard InChI is InChI=1S/C19H21N.ClH/c1-3-13(2)19(20)18-16-10-6-4-8-14(16)12-15-9-5-7-11-17(15)18;/h4-13,19H,3,20H2,1-2H3;1H/t13?,19-;/m1./s1. The average molecular weight is 300 g/mol. The summed E-state index contributed by atoms with van der Waals surface area (Å²) in [7, 11) is 0. The molecule has 0 radical (unpaired) electrons. The van der Waals surface area contributed by atoms with Crippen LogP contribution in [0.2, 0.25) is 0 Å². The van der Waals surface area contributed by atoms with Crippen molar-refractivity contribution in [2.45, 2.75) is 26.3 Å². The van der Waals surface area contributed by atoms with Gasteiger partial charge >= 0.3 is 0 Å². The second-order valence-corrected chi connectivity index (χ2v) is 5.64. The van der Waals surface area contributed by atoms with E-state index in [0.29, 0.717) is 5.92 Å². The van der Waals surface area contributed by atoms with Crippen LogP contribution in [0.1, 0.15) is 31.9 Å². The molecule has 3 rings (SSSR count). The monoisotopic (exact) mass is 299 g/mol. The highest BCUT2D eigenvalue weighted by atomic mass is 35.5. The third-order valence-corrected chi connectivity index (χ3v) is 4.40. The number of nitrogens with two attached hydrogens (primary N) is 1. The van der Waals surface area contributed by atoms with Gasteiger partial charge < -0.3 is 5.73 Å². The summed E-state index contributed by atoms with van der Waals surface area (Å²) < 4.78 is 0. The van der Waals surface area contributed by atoms with Gasteiger partial charge in [0.15, 0.2) is 0 Å². The first-order valence-electron chi connectivity index (χ1n) is 7.38. The fraction of sp³-hybridized carbons (Fsp3) is 0.263. The van der Waals surface area contributed by atoms with E-state index in [0.717, 1.165) is 6.42 Å². The van der Waals surface area contributed by atoms with Crippen LogP contribution in [0.25, 0.3) is 21.5 Å². The Balaban J connectivity index is 0.00000161. The van der Waals surface area contributed by atoms with Gasteiger partial charge in [0.1, 0.15) is 0 Å². The van der Waals surface area contributed by atoms with Crippen LogP contribution in [0.15, 0.2) is 54.6 Å². The van der Waals surface area contributed by atoms with Crippen LogP contribution in [0.3, 0.4) is 0 Å². The van der Waals surface area contributed by atoms with E-state index in [1.54, 1.807) is 0 Å². The van der Waals surface area contributed by atoms with Crippen molar-refractivity contribution in [3.63, 3.8) is 0 Å². The minimum absolute atomic E-state index is 0. The molecule has 0 spiro atoms. The van der Waals surface area contributed by atoms with E-state index in [-0.39, 0.29) is 18.4 Å². The maximum absolute atomic E-state index is 6.58. The van der Waals surface area contributed by atoms with Crippen LogP contribution in [-0.2, 0) is 0 Å². The summed E-state index contributed by atoms with van der Waals surface area (Å²) in [4.78, 5) is 0. The van der Waals surface area contributed by atoms with E-state index in [1.165, 1.54) is 27.1 Å². The lowest BCUT2D eigenvalue weighted by molar-refractivity contribution is 0.461. The molecule has 3 aromatic carbocycles. The Bertz CT molecular complexity index is 697. The molecule has 0 aliphatic carbocycles. The predicted molar refractivity (Wildman–Crippen MR) is 95.1 cm³/mol. The molecular formula is C19H22ClN. The number of benzene rings is 3. The molecule has 2 atom stereocenters. The summed E-state index contributed by atoms with van der Waals surface area (Å²) in [6.07, 6.45) is 1.10. The summed E-state index contributed by atoms with van der Waals surface area (Å²) in [6, 6.07) is 19.5. The zero-order chi connectivity index (χ0) is 14.1. The molecule has 0 aliphatic rings. The second-order valence-electron chi connectivity index (χ2n) is 5.64. The fourth-order valence-corrected chi connectivity index (χ4v) is 2.95. The Hall–Kier alpha value is -1.57. The van der Waals surface area contributed by atoms with Gasteiger partial charge in [-0.05, 0) is 39.1 Å². The average Bonchev–Trinajstić information content (AvgIpc) is 2.51. The van der Waals surface area contributed by atoms with Gasteiger partial charge in [-0.2, -0.15) is 0 Å². The molecule has 0 amide bonds. The van der Waals surface area contributed by atoms with Crippen LogP contribution in [0.5, 0.6) is 0 Å². The number of hydrogen-bond donors (Lipinski definition) is 1. The molecule has 21 heavy (non-hydrogen) atoms. The summed E-state index contributed by atoms with van der Waals surface area (Å²) >= 11 is 0. The zero-order valence-electron chi connectivity index (χ0n) is 12.5. The first-order chi connectivity index (χ1) is 9.72. The Kier molecular flexibility index (Phi) is 4.87. The SMILES string of the molecule is CCC(C)[C@@H](N)c1c2ccccc2cc2ccccc12.Cl. The van der Waals surface area contributed by atoms with Crippen molar-refractivity contribution in [3.05, 3.63) is 60.2 Å². The lowest BCUT2D eigenvalue weighted by Crippen LogP contribution is -2.19. The van der Waals surface area contributed by atoms with Gasteiger partial charge in [0.2, 0.25) is 0 Å². The maximum Gasteiger partial charge on any atom is 0.0333 e. The first kappa shape index (κ1) is 15.8. The lowest BCUT2D eigenvalue weighted by Gasteiger charge is -2.22. The van der Waals surface area contributed by atoms with Crippen molar-refractivity contribution >= 4 is 34.0 Å². The molecule has 110 valence electrons. The Morgan fingerprint density at radius 2 is 1.38 bits per heavy atom. The fourth-order valence-electron chi connectivity index (χ4n) is 2.95. The topological polar surface area (TPSA) is 26.0 Å². The molecule has 3 aromatic rings. The van der Waals surface area contributed by atoms with Crippen LogP contribution in [0.4, 0.5) is 0 Å². The largest absolute Gasteiger partial charge is 0.324 e. The minimum Gasteiger partial charge on any atom is -0.324 e. The maximum atomic E-state index is 6.58. The van der Waals surface area contributed by atoms with E-state index in [4.69, 9.17) is 5.73 Å². The summed E-state index contributed by atoms with van der Waals surface area (Å²) in [6.45, 7) is 4.44. The second kappa shape index (κ2) is 6.46. The molecule has 0 aliphatic heterocycles. The van der Waals surface area contributed by atoms with Crippen LogP contribution in [-0.4, -0.2) is 0 Å². The van der Waals surface area contributed by atoms with Gasteiger partial charge in [-0.25, -0.2) is 0 Å². The van der Waals surface area contributed by atoms with Crippen molar-refractivity contribution < 1.29 is 0 Å². The molecule has 0 fully saturated rings. The van der Waals surface area contributed by atoms with E-state index in [9.17, 15) is 0 Å². The van der Waals surface area contributed by atoms with E-state index < -0.39 is 0 Å². The van der Waals surface area contributed by atoms with E-state index >= 15 is 0 Å². The smallest absolute Gasteiger partial charge is 0.0333 e. The van der Waals surface area contributed by atoms with Gasteiger partial charge in [0, 0.05) is 6.04 Å². The Morgan fingerprint density at radius 3 is 1.86 bits per heavy atom.